The average Bonchev–Trinajstić information content (AvgIpc) is 2.45. The Morgan fingerprint density at radius 1 is 1.43 bits per heavy atom. The molecule has 1 atom stereocenters. The number of rotatable bonds is 5. The lowest BCUT2D eigenvalue weighted by Crippen LogP contribution is -2.29. The molecule has 0 aromatic carbocycles. The maximum Gasteiger partial charge on any atom is 0.417 e. The number of halogens is 4. The lowest BCUT2D eigenvalue weighted by molar-refractivity contribution is -0.137. The predicted molar refractivity (Wildman–Crippen MR) is 74.6 cm³/mol. The van der Waals surface area contributed by atoms with Crippen molar-refractivity contribution in [1.82, 2.24) is 10.3 Å². The standard InChI is InChI=1S/C14H18ClF3N2O/c15-12-7-11(14(16,17)18)9-20-13(12)21-6-2-4-10-3-1-5-19-8-10/h7,9-10,19H,1-6,8H2/t10-/m0/s1. The molecule has 0 bridgehead atoms. The molecule has 1 N–H and O–H groups in total. The number of hydrogen-bond acceptors (Lipinski definition) is 3. The highest BCUT2D eigenvalue weighted by Gasteiger charge is 2.31. The second-order valence-corrected chi connectivity index (χ2v) is 5.62. The van der Waals surface area contributed by atoms with E-state index in [1.54, 1.807) is 0 Å². The Bertz CT molecular complexity index is 462. The van der Waals surface area contributed by atoms with E-state index in [1.807, 2.05) is 0 Å². The van der Waals surface area contributed by atoms with Crippen molar-refractivity contribution >= 4 is 11.6 Å². The molecule has 118 valence electrons. The topological polar surface area (TPSA) is 34.1 Å². The van der Waals surface area contributed by atoms with Crippen LogP contribution in [0.25, 0.3) is 0 Å². The fourth-order valence-corrected chi connectivity index (χ4v) is 2.62. The summed E-state index contributed by atoms with van der Waals surface area (Å²) < 4.78 is 42.8. The lowest BCUT2D eigenvalue weighted by Gasteiger charge is -2.22. The summed E-state index contributed by atoms with van der Waals surface area (Å²) in [5, 5.41) is 3.23. The zero-order chi connectivity index (χ0) is 15.3. The van der Waals surface area contributed by atoms with Gasteiger partial charge in [-0.1, -0.05) is 11.6 Å². The molecule has 0 spiro atoms. The molecule has 7 heteroatoms. The number of piperidine rings is 1. The van der Waals surface area contributed by atoms with Crippen LogP contribution in [0.15, 0.2) is 12.3 Å². The molecule has 0 aliphatic carbocycles. The van der Waals surface area contributed by atoms with E-state index in [9.17, 15) is 13.2 Å². The number of nitrogens with zero attached hydrogens (tertiary/aromatic N) is 1. The van der Waals surface area contributed by atoms with Gasteiger partial charge in [-0.05, 0) is 50.8 Å². The van der Waals surface area contributed by atoms with Crippen LogP contribution in [0.1, 0.15) is 31.2 Å². The first-order valence-electron chi connectivity index (χ1n) is 7.03. The molecule has 0 unspecified atom stereocenters. The quantitative estimate of drug-likeness (QED) is 0.835. The molecule has 3 nitrogen and oxygen atoms in total. The molecule has 0 amide bonds. The maximum atomic E-state index is 12.5. The van der Waals surface area contributed by atoms with E-state index in [1.165, 1.54) is 12.8 Å². The third-order valence-corrected chi connectivity index (χ3v) is 3.80. The molecule has 2 heterocycles. The number of alkyl halides is 3. The molecular weight excluding hydrogens is 305 g/mol. The highest BCUT2D eigenvalue weighted by molar-refractivity contribution is 6.31. The Balaban J connectivity index is 1.78. The fraction of sp³-hybridized carbons (Fsp3) is 0.643. The Kier molecular flexibility index (Phi) is 5.70. The van der Waals surface area contributed by atoms with Gasteiger partial charge in [-0.25, -0.2) is 4.98 Å². The van der Waals surface area contributed by atoms with Crippen LogP contribution in [0.4, 0.5) is 13.2 Å². The molecule has 1 aliphatic heterocycles. The first-order valence-corrected chi connectivity index (χ1v) is 7.41. The molecule has 21 heavy (non-hydrogen) atoms. The molecule has 2 rings (SSSR count). The summed E-state index contributed by atoms with van der Waals surface area (Å²) in [7, 11) is 0. The van der Waals surface area contributed by atoms with Crippen LogP contribution in [0.2, 0.25) is 5.02 Å². The van der Waals surface area contributed by atoms with Gasteiger partial charge in [0.15, 0.2) is 0 Å². The second-order valence-electron chi connectivity index (χ2n) is 5.21. The Labute approximate surface area is 126 Å². The van der Waals surface area contributed by atoms with Gasteiger partial charge in [-0.2, -0.15) is 13.2 Å². The van der Waals surface area contributed by atoms with Gasteiger partial charge in [-0.3, -0.25) is 0 Å². The second kappa shape index (κ2) is 7.31. The first kappa shape index (κ1) is 16.4. The van der Waals surface area contributed by atoms with Gasteiger partial charge in [-0.15, -0.1) is 0 Å². The summed E-state index contributed by atoms with van der Waals surface area (Å²) in [5.41, 5.74) is -0.867. The minimum absolute atomic E-state index is 0.0615. The summed E-state index contributed by atoms with van der Waals surface area (Å²) in [6.07, 6.45) is 0.580. The SMILES string of the molecule is FC(F)(F)c1cnc(OCCC[C@@H]2CCCNC2)c(Cl)c1. The van der Waals surface area contributed by atoms with Crippen LogP contribution >= 0.6 is 11.6 Å². The molecule has 0 saturated carbocycles. The average molecular weight is 323 g/mol. The van der Waals surface area contributed by atoms with Crippen molar-refractivity contribution < 1.29 is 17.9 Å². The summed E-state index contributed by atoms with van der Waals surface area (Å²) in [6, 6.07) is 0.842. The zero-order valence-electron chi connectivity index (χ0n) is 11.5. The van der Waals surface area contributed by atoms with Gasteiger partial charge in [0.1, 0.15) is 5.02 Å². The van der Waals surface area contributed by atoms with Crippen LogP contribution in [0, 0.1) is 5.92 Å². The van der Waals surface area contributed by atoms with E-state index in [0.717, 1.165) is 38.2 Å². The van der Waals surface area contributed by atoms with Gasteiger partial charge in [0.05, 0.1) is 12.2 Å². The van der Waals surface area contributed by atoms with E-state index in [4.69, 9.17) is 16.3 Å². The molecule has 1 aromatic rings. The number of aromatic nitrogens is 1. The van der Waals surface area contributed by atoms with Crippen LogP contribution in [-0.2, 0) is 6.18 Å². The van der Waals surface area contributed by atoms with Crippen molar-refractivity contribution in [3.8, 4) is 5.88 Å². The number of pyridine rings is 1. The van der Waals surface area contributed by atoms with Crippen LogP contribution in [-0.4, -0.2) is 24.7 Å². The van der Waals surface area contributed by atoms with E-state index in [0.29, 0.717) is 12.5 Å². The van der Waals surface area contributed by atoms with Gasteiger partial charge in [0.25, 0.3) is 0 Å². The van der Waals surface area contributed by atoms with Crippen molar-refractivity contribution in [2.45, 2.75) is 31.9 Å². The highest BCUT2D eigenvalue weighted by Crippen LogP contribution is 2.33. The number of nitrogens with one attached hydrogen (secondary N) is 1. The Morgan fingerprint density at radius 3 is 2.86 bits per heavy atom. The van der Waals surface area contributed by atoms with Gasteiger partial charge in [0, 0.05) is 6.20 Å². The summed E-state index contributed by atoms with van der Waals surface area (Å²) in [4.78, 5) is 3.64. The predicted octanol–water partition coefficient (Wildman–Crippen LogP) is 3.91. The fourth-order valence-electron chi connectivity index (χ4n) is 2.40. The van der Waals surface area contributed by atoms with Gasteiger partial charge >= 0.3 is 6.18 Å². The zero-order valence-corrected chi connectivity index (χ0v) is 12.3. The molecule has 0 radical (unpaired) electrons. The minimum atomic E-state index is -4.44. The molecular formula is C14H18ClF3N2O. The van der Waals surface area contributed by atoms with Crippen molar-refractivity contribution in [1.29, 1.82) is 0 Å². The van der Waals surface area contributed by atoms with Gasteiger partial charge < -0.3 is 10.1 Å². The van der Waals surface area contributed by atoms with Crippen LogP contribution < -0.4 is 10.1 Å². The maximum absolute atomic E-state index is 12.5. The smallest absolute Gasteiger partial charge is 0.417 e. The van der Waals surface area contributed by atoms with Crippen molar-refractivity contribution in [2.24, 2.45) is 5.92 Å². The molecule has 1 aromatic heterocycles. The lowest BCUT2D eigenvalue weighted by atomic mass is 9.95. The Hall–Kier alpha value is -1.01. The van der Waals surface area contributed by atoms with Crippen molar-refractivity contribution in [2.75, 3.05) is 19.7 Å². The van der Waals surface area contributed by atoms with Crippen molar-refractivity contribution in [3.05, 3.63) is 22.8 Å². The normalized spacial score (nSPS) is 19.5. The van der Waals surface area contributed by atoms with E-state index in [-0.39, 0.29) is 10.9 Å². The molecule has 1 aliphatic rings. The monoisotopic (exact) mass is 322 g/mol. The third kappa shape index (κ3) is 5.04. The van der Waals surface area contributed by atoms with Crippen LogP contribution in [0.3, 0.4) is 0 Å². The number of hydrogen-bond donors (Lipinski definition) is 1. The highest BCUT2D eigenvalue weighted by atomic mass is 35.5. The summed E-state index contributed by atoms with van der Waals surface area (Å²) in [5.74, 6) is 0.713. The van der Waals surface area contributed by atoms with Gasteiger partial charge in [0.2, 0.25) is 5.88 Å². The van der Waals surface area contributed by atoms with E-state index in [2.05, 4.69) is 10.3 Å². The summed E-state index contributed by atoms with van der Waals surface area (Å²) in [6.45, 7) is 2.52. The summed E-state index contributed by atoms with van der Waals surface area (Å²) >= 11 is 5.77. The molecule has 1 saturated heterocycles. The largest absolute Gasteiger partial charge is 0.477 e. The first-order chi connectivity index (χ1) is 9.97. The number of ether oxygens (including phenoxy) is 1. The van der Waals surface area contributed by atoms with E-state index >= 15 is 0 Å². The van der Waals surface area contributed by atoms with E-state index < -0.39 is 11.7 Å². The van der Waals surface area contributed by atoms with Crippen LogP contribution in [0.5, 0.6) is 5.88 Å². The van der Waals surface area contributed by atoms with Crippen molar-refractivity contribution in [3.63, 3.8) is 0 Å². The molecule has 1 fully saturated rings. The Morgan fingerprint density at radius 2 is 2.24 bits per heavy atom. The minimum Gasteiger partial charge on any atom is -0.477 e. The third-order valence-electron chi connectivity index (χ3n) is 3.53.